The second kappa shape index (κ2) is 5.80. The molecule has 0 unspecified atom stereocenters. The van der Waals surface area contributed by atoms with Crippen LogP contribution in [0, 0.1) is 0 Å². The van der Waals surface area contributed by atoms with Crippen molar-refractivity contribution in [3.63, 3.8) is 0 Å². The summed E-state index contributed by atoms with van der Waals surface area (Å²) >= 11 is 0. The van der Waals surface area contributed by atoms with Crippen LogP contribution in [0.3, 0.4) is 0 Å². The number of nitrogens with two attached hydrogens (primary N) is 1. The lowest BCUT2D eigenvalue weighted by Crippen LogP contribution is -2.25. The van der Waals surface area contributed by atoms with Crippen LogP contribution in [0.1, 0.15) is 24.8 Å². The van der Waals surface area contributed by atoms with E-state index in [2.05, 4.69) is 0 Å². The molecule has 20 heavy (non-hydrogen) atoms. The van der Waals surface area contributed by atoms with Crippen LogP contribution < -0.4 is 9.88 Å². The molecule has 1 aromatic carbocycles. The molecule has 1 aliphatic carbocycles. The number of methoxy groups -OCH3 is 1. The molecule has 2 rings (SSSR count). The maximum absolute atomic E-state index is 11.7. The number of esters is 1. The second-order valence-electron chi connectivity index (χ2n) is 4.75. The van der Waals surface area contributed by atoms with E-state index in [1.54, 1.807) is 6.07 Å². The monoisotopic (exact) mass is 299 g/mol. The summed E-state index contributed by atoms with van der Waals surface area (Å²) in [5.74, 6) is -0.205. The second-order valence-corrected chi connectivity index (χ2v) is 6.28. The van der Waals surface area contributed by atoms with Crippen LogP contribution in [-0.2, 0) is 26.0 Å². The number of hydrogen-bond acceptors (Lipinski definition) is 5. The number of primary sulfonamides is 1. The maximum Gasteiger partial charge on any atom is 0.310 e. The molecule has 1 saturated carbocycles. The van der Waals surface area contributed by atoms with Gasteiger partial charge in [-0.2, -0.15) is 0 Å². The predicted molar refractivity (Wildman–Crippen MR) is 71.8 cm³/mol. The van der Waals surface area contributed by atoms with Gasteiger partial charge in [-0.1, -0.05) is 6.07 Å². The van der Waals surface area contributed by atoms with Crippen molar-refractivity contribution in [2.45, 2.75) is 36.7 Å². The van der Waals surface area contributed by atoms with Gasteiger partial charge in [0.15, 0.2) is 0 Å². The van der Waals surface area contributed by atoms with Crippen LogP contribution in [-0.4, -0.2) is 27.6 Å². The Labute approximate surface area is 117 Å². The highest BCUT2D eigenvalue weighted by molar-refractivity contribution is 7.89. The van der Waals surface area contributed by atoms with Crippen molar-refractivity contribution >= 4 is 16.0 Å². The van der Waals surface area contributed by atoms with Crippen molar-refractivity contribution in [2.75, 3.05) is 7.11 Å². The minimum Gasteiger partial charge on any atom is -0.495 e. The highest BCUT2D eigenvalue weighted by Crippen LogP contribution is 2.25. The number of sulfonamides is 1. The Morgan fingerprint density at radius 1 is 1.40 bits per heavy atom. The van der Waals surface area contributed by atoms with Gasteiger partial charge < -0.3 is 9.47 Å². The maximum atomic E-state index is 11.7. The molecule has 0 spiro atoms. The molecule has 110 valence electrons. The number of benzene rings is 1. The first-order valence-corrected chi connectivity index (χ1v) is 7.84. The van der Waals surface area contributed by atoms with Crippen LogP contribution in [0.25, 0.3) is 0 Å². The van der Waals surface area contributed by atoms with Gasteiger partial charge >= 0.3 is 5.97 Å². The van der Waals surface area contributed by atoms with E-state index in [9.17, 15) is 13.2 Å². The normalized spacial score (nSPS) is 15.5. The molecular formula is C13H17NO5S. The minimum atomic E-state index is -3.90. The Hall–Kier alpha value is -1.60. The lowest BCUT2D eigenvalue weighted by atomic mass is 9.96. The van der Waals surface area contributed by atoms with Gasteiger partial charge in [0, 0.05) is 0 Å². The van der Waals surface area contributed by atoms with Crippen molar-refractivity contribution in [1.82, 2.24) is 0 Å². The van der Waals surface area contributed by atoms with E-state index in [4.69, 9.17) is 14.6 Å². The van der Waals surface area contributed by atoms with Crippen molar-refractivity contribution in [3.05, 3.63) is 23.8 Å². The minimum absolute atomic E-state index is 0.0125. The summed E-state index contributed by atoms with van der Waals surface area (Å²) in [4.78, 5) is 11.6. The fourth-order valence-electron chi connectivity index (χ4n) is 1.94. The molecule has 7 heteroatoms. The van der Waals surface area contributed by atoms with Crippen molar-refractivity contribution < 1.29 is 22.7 Å². The van der Waals surface area contributed by atoms with Crippen LogP contribution in [0.15, 0.2) is 23.1 Å². The third-order valence-corrected chi connectivity index (χ3v) is 4.17. The zero-order valence-electron chi connectivity index (χ0n) is 11.2. The van der Waals surface area contributed by atoms with E-state index in [1.165, 1.54) is 19.2 Å². The lowest BCUT2D eigenvalue weighted by molar-refractivity contribution is -0.152. The molecule has 1 fully saturated rings. The van der Waals surface area contributed by atoms with E-state index in [-0.39, 0.29) is 29.1 Å². The van der Waals surface area contributed by atoms with Gasteiger partial charge in [0.2, 0.25) is 10.0 Å². The Morgan fingerprint density at radius 3 is 2.60 bits per heavy atom. The summed E-state index contributed by atoms with van der Waals surface area (Å²) in [5, 5.41) is 5.12. The summed E-state index contributed by atoms with van der Waals surface area (Å²) in [6.07, 6.45) is 2.91. The topological polar surface area (TPSA) is 95.7 Å². The van der Waals surface area contributed by atoms with Gasteiger partial charge in [-0.3, -0.25) is 4.79 Å². The fraction of sp³-hybridized carbons (Fsp3) is 0.462. The predicted octanol–water partition coefficient (Wildman–Crippen LogP) is 0.981. The quantitative estimate of drug-likeness (QED) is 0.818. The fourth-order valence-corrected chi connectivity index (χ4v) is 2.68. The van der Waals surface area contributed by atoms with E-state index < -0.39 is 10.0 Å². The number of hydrogen-bond donors (Lipinski definition) is 1. The van der Waals surface area contributed by atoms with Crippen LogP contribution in [0.4, 0.5) is 0 Å². The Kier molecular flexibility index (Phi) is 4.29. The Balaban J connectivity index is 2.14. The SMILES string of the molecule is COc1ccc(CC(=O)OC2CCC2)cc1S(N)(=O)=O. The zero-order chi connectivity index (χ0) is 14.8. The number of ether oxygens (including phenoxy) is 2. The van der Waals surface area contributed by atoms with Crippen molar-refractivity contribution in [2.24, 2.45) is 5.14 Å². The summed E-state index contributed by atoms with van der Waals surface area (Å²) in [5.41, 5.74) is 0.527. The summed E-state index contributed by atoms with van der Waals surface area (Å²) in [6, 6.07) is 4.44. The van der Waals surface area contributed by atoms with E-state index in [0.717, 1.165) is 19.3 Å². The van der Waals surface area contributed by atoms with Crippen molar-refractivity contribution in [3.8, 4) is 5.75 Å². The highest BCUT2D eigenvalue weighted by atomic mass is 32.2. The van der Waals surface area contributed by atoms with Gasteiger partial charge in [0.05, 0.1) is 13.5 Å². The number of rotatable bonds is 5. The molecule has 1 aromatic rings. The summed E-state index contributed by atoms with van der Waals surface area (Å²) in [6.45, 7) is 0. The zero-order valence-corrected chi connectivity index (χ0v) is 12.0. The van der Waals surface area contributed by atoms with Crippen LogP contribution >= 0.6 is 0 Å². The highest BCUT2D eigenvalue weighted by Gasteiger charge is 2.22. The lowest BCUT2D eigenvalue weighted by Gasteiger charge is -2.25. The third kappa shape index (κ3) is 3.49. The standard InChI is InChI=1S/C13H17NO5S/c1-18-11-6-5-9(7-12(11)20(14,16)17)8-13(15)19-10-3-2-4-10/h5-7,10H,2-4,8H2,1H3,(H2,14,16,17). The first-order valence-electron chi connectivity index (χ1n) is 6.29. The molecule has 0 amide bonds. The van der Waals surface area contributed by atoms with Gasteiger partial charge in [-0.15, -0.1) is 0 Å². The van der Waals surface area contributed by atoms with Crippen LogP contribution in [0.5, 0.6) is 5.75 Å². The number of carbonyl (C=O) groups excluding carboxylic acids is 1. The average molecular weight is 299 g/mol. The van der Waals surface area contributed by atoms with Crippen molar-refractivity contribution in [1.29, 1.82) is 0 Å². The first-order chi connectivity index (χ1) is 9.40. The van der Waals surface area contributed by atoms with Gasteiger partial charge in [0.25, 0.3) is 0 Å². The summed E-state index contributed by atoms with van der Waals surface area (Å²) < 4.78 is 33.1. The molecule has 0 bridgehead atoms. The first kappa shape index (κ1) is 14.8. The molecule has 0 radical (unpaired) electrons. The van der Waals surface area contributed by atoms with Gasteiger partial charge in [0.1, 0.15) is 16.7 Å². The molecule has 6 nitrogen and oxygen atoms in total. The average Bonchev–Trinajstić information content (AvgIpc) is 2.33. The molecular weight excluding hydrogens is 282 g/mol. The Bertz CT molecular complexity index is 607. The van der Waals surface area contributed by atoms with E-state index >= 15 is 0 Å². The molecule has 0 saturated heterocycles. The van der Waals surface area contributed by atoms with E-state index in [1.807, 2.05) is 0 Å². The Morgan fingerprint density at radius 2 is 2.10 bits per heavy atom. The number of carbonyl (C=O) groups is 1. The van der Waals surface area contributed by atoms with Crippen LogP contribution in [0.2, 0.25) is 0 Å². The molecule has 0 aromatic heterocycles. The molecule has 0 atom stereocenters. The molecule has 0 aliphatic heterocycles. The molecule has 2 N–H and O–H groups in total. The molecule has 1 aliphatic rings. The van der Waals surface area contributed by atoms with Gasteiger partial charge in [-0.25, -0.2) is 13.6 Å². The largest absolute Gasteiger partial charge is 0.495 e. The van der Waals surface area contributed by atoms with E-state index in [0.29, 0.717) is 5.56 Å². The smallest absolute Gasteiger partial charge is 0.310 e. The third-order valence-electron chi connectivity index (χ3n) is 3.23. The van der Waals surface area contributed by atoms with Gasteiger partial charge in [-0.05, 0) is 37.0 Å². The molecule has 0 heterocycles. The summed E-state index contributed by atoms with van der Waals surface area (Å²) in [7, 11) is -2.54.